The molecule has 1 aromatic rings. The Morgan fingerprint density at radius 2 is 1.68 bits per heavy atom. The summed E-state index contributed by atoms with van der Waals surface area (Å²) in [5.41, 5.74) is 7.12. The minimum atomic E-state index is -0.153. The van der Waals surface area contributed by atoms with Crippen molar-refractivity contribution in [3.63, 3.8) is 0 Å². The van der Waals surface area contributed by atoms with Gasteiger partial charge in [-0.1, -0.05) is 50.1 Å². The van der Waals surface area contributed by atoms with Crippen molar-refractivity contribution in [2.24, 2.45) is 11.7 Å². The van der Waals surface area contributed by atoms with Crippen molar-refractivity contribution in [3.8, 4) is 0 Å². The Morgan fingerprint density at radius 1 is 1.12 bits per heavy atom. The molecule has 6 heteroatoms. The van der Waals surface area contributed by atoms with Crippen LogP contribution in [0.5, 0.6) is 0 Å². The molecular weight excluding hydrogens is 357 g/mol. The van der Waals surface area contributed by atoms with Gasteiger partial charge in [0.05, 0.1) is 0 Å². The summed E-state index contributed by atoms with van der Waals surface area (Å²) in [4.78, 5) is 12.2. The first-order valence-corrected chi connectivity index (χ1v) is 8.79. The third kappa shape index (κ3) is 6.78. The first kappa shape index (κ1) is 24.2. The van der Waals surface area contributed by atoms with E-state index in [-0.39, 0.29) is 54.3 Å². The minimum absolute atomic E-state index is 0. The number of nitrogens with two attached hydrogens (primary N) is 1. The molecule has 0 spiro atoms. The number of benzene rings is 1. The van der Waals surface area contributed by atoms with E-state index in [2.05, 4.69) is 41.8 Å². The maximum absolute atomic E-state index is 12.2. The summed E-state index contributed by atoms with van der Waals surface area (Å²) in [6.07, 6.45) is 4.65. The number of hydrogen-bond acceptors (Lipinski definition) is 3. The molecule has 0 radical (unpaired) electrons. The lowest BCUT2D eigenvalue weighted by Crippen LogP contribution is -2.53. The van der Waals surface area contributed by atoms with Crippen LogP contribution in [0, 0.1) is 5.92 Å². The van der Waals surface area contributed by atoms with Gasteiger partial charge in [-0.05, 0) is 32.3 Å². The van der Waals surface area contributed by atoms with Crippen molar-refractivity contribution in [2.75, 3.05) is 6.54 Å². The summed E-state index contributed by atoms with van der Waals surface area (Å²) in [7, 11) is 0. The molecule has 4 nitrogen and oxygen atoms in total. The van der Waals surface area contributed by atoms with Crippen LogP contribution < -0.4 is 16.4 Å². The first-order valence-electron chi connectivity index (χ1n) is 8.79. The highest BCUT2D eigenvalue weighted by Gasteiger charge is 2.35. The van der Waals surface area contributed by atoms with Crippen molar-refractivity contribution in [1.82, 2.24) is 10.6 Å². The summed E-state index contributed by atoms with van der Waals surface area (Å²) in [6.45, 7) is 6.65. The van der Waals surface area contributed by atoms with E-state index in [0.717, 1.165) is 12.8 Å². The number of amides is 1. The molecule has 1 fully saturated rings. The SMILES string of the molecule is CC(NC1(CNC(=O)C(C)C(C)N)CCCC1)c1ccccc1.Cl.Cl. The molecule has 3 unspecified atom stereocenters. The zero-order valence-corrected chi connectivity index (χ0v) is 17.1. The Bertz CT molecular complexity index is 505. The standard InChI is InChI=1S/C19H31N3O.2ClH/c1-14(15(2)20)18(23)21-13-19(11-7-8-12-19)22-16(3)17-9-5-4-6-10-17;;/h4-6,9-10,14-16,22H,7-8,11-13,20H2,1-3H3,(H,21,23);2*1H. The molecule has 1 aliphatic rings. The molecule has 0 saturated heterocycles. The maximum Gasteiger partial charge on any atom is 0.224 e. The Labute approximate surface area is 164 Å². The van der Waals surface area contributed by atoms with Gasteiger partial charge in [-0.15, -0.1) is 24.8 Å². The lowest BCUT2D eigenvalue weighted by Gasteiger charge is -2.35. The van der Waals surface area contributed by atoms with E-state index in [1.54, 1.807) is 0 Å². The maximum atomic E-state index is 12.2. The van der Waals surface area contributed by atoms with E-state index in [9.17, 15) is 4.79 Å². The van der Waals surface area contributed by atoms with Crippen LogP contribution in [-0.4, -0.2) is 24.0 Å². The van der Waals surface area contributed by atoms with E-state index in [1.807, 2.05) is 19.9 Å². The van der Waals surface area contributed by atoms with Crippen LogP contribution in [0.1, 0.15) is 58.1 Å². The Morgan fingerprint density at radius 3 is 2.20 bits per heavy atom. The molecule has 2 rings (SSSR count). The molecule has 1 aromatic carbocycles. The second kappa shape index (κ2) is 11.0. The van der Waals surface area contributed by atoms with Gasteiger partial charge in [0.2, 0.25) is 5.91 Å². The third-order valence-electron chi connectivity index (χ3n) is 5.19. The largest absolute Gasteiger partial charge is 0.354 e. The molecule has 1 saturated carbocycles. The summed E-state index contributed by atoms with van der Waals surface area (Å²) >= 11 is 0. The van der Waals surface area contributed by atoms with Crippen LogP contribution in [-0.2, 0) is 4.79 Å². The molecule has 4 N–H and O–H groups in total. The molecule has 0 aliphatic heterocycles. The molecule has 3 atom stereocenters. The van der Waals surface area contributed by atoms with Crippen LogP contribution >= 0.6 is 24.8 Å². The van der Waals surface area contributed by atoms with E-state index in [4.69, 9.17) is 5.73 Å². The normalized spacial score (nSPS) is 19.0. The average Bonchev–Trinajstić information content (AvgIpc) is 3.01. The molecule has 0 bridgehead atoms. The molecule has 0 aromatic heterocycles. The van der Waals surface area contributed by atoms with Gasteiger partial charge in [0.25, 0.3) is 0 Å². The fourth-order valence-electron chi connectivity index (χ4n) is 3.36. The molecule has 144 valence electrons. The average molecular weight is 390 g/mol. The smallest absolute Gasteiger partial charge is 0.224 e. The van der Waals surface area contributed by atoms with Crippen LogP contribution in [0.15, 0.2) is 30.3 Å². The predicted octanol–water partition coefficient (Wildman–Crippen LogP) is 3.59. The summed E-state index contributed by atoms with van der Waals surface area (Å²) in [5, 5.41) is 6.91. The fraction of sp³-hybridized carbons (Fsp3) is 0.632. The highest BCUT2D eigenvalue weighted by atomic mass is 35.5. The third-order valence-corrected chi connectivity index (χ3v) is 5.19. The van der Waals surface area contributed by atoms with Gasteiger partial charge in [0, 0.05) is 30.1 Å². The van der Waals surface area contributed by atoms with Crippen molar-refractivity contribution >= 4 is 30.7 Å². The zero-order chi connectivity index (χ0) is 16.9. The summed E-state index contributed by atoms with van der Waals surface area (Å²) in [6, 6.07) is 10.6. The summed E-state index contributed by atoms with van der Waals surface area (Å²) in [5.74, 6) is -0.0968. The second-order valence-electron chi connectivity index (χ2n) is 7.13. The quantitative estimate of drug-likeness (QED) is 0.667. The van der Waals surface area contributed by atoms with Crippen LogP contribution in [0.4, 0.5) is 0 Å². The van der Waals surface area contributed by atoms with Crippen molar-refractivity contribution in [1.29, 1.82) is 0 Å². The minimum Gasteiger partial charge on any atom is -0.354 e. The van der Waals surface area contributed by atoms with Gasteiger partial charge in [-0.3, -0.25) is 4.79 Å². The Hall–Kier alpha value is -0.810. The second-order valence-corrected chi connectivity index (χ2v) is 7.13. The van der Waals surface area contributed by atoms with Crippen molar-refractivity contribution < 1.29 is 4.79 Å². The van der Waals surface area contributed by atoms with Gasteiger partial charge in [0.1, 0.15) is 0 Å². The number of halogens is 2. The number of nitrogens with one attached hydrogen (secondary N) is 2. The Balaban J connectivity index is 0.00000288. The highest BCUT2D eigenvalue weighted by molar-refractivity contribution is 5.85. The van der Waals surface area contributed by atoms with E-state index in [1.165, 1.54) is 18.4 Å². The number of carbonyl (C=O) groups excluding carboxylic acids is 1. The summed E-state index contributed by atoms with van der Waals surface area (Å²) < 4.78 is 0. The number of carbonyl (C=O) groups is 1. The van der Waals surface area contributed by atoms with Gasteiger partial charge >= 0.3 is 0 Å². The first-order chi connectivity index (χ1) is 10.9. The molecule has 0 heterocycles. The van der Waals surface area contributed by atoms with Gasteiger partial charge in [-0.2, -0.15) is 0 Å². The monoisotopic (exact) mass is 389 g/mol. The van der Waals surface area contributed by atoms with Gasteiger partial charge in [-0.25, -0.2) is 0 Å². The topological polar surface area (TPSA) is 67.1 Å². The molecule has 25 heavy (non-hydrogen) atoms. The van der Waals surface area contributed by atoms with Crippen molar-refractivity contribution in [2.45, 2.75) is 64.1 Å². The van der Waals surface area contributed by atoms with Crippen LogP contribution in [0.2, 0.25) is 0 Å². The van der Waals surface area contributed by atoms with E-state index in [0.29, 0.717) is 6.54 Å². The van der Waals surface area contributed by atoms with Crippen LogP contribution in [0.3, 0.4) is 0 Å². The number of hydrogen-bond donors (Lipinski definition) is 3. The van der Waals surface area contributed by atoms with Crippen molar-refractivity contribution in [3.05, 3.63) is 35.9 Å². The number of rotatable bonds is 7. The molecular formula is C19H33Cl2N3O. The zero-order valence-electron chi connectivity index (χ0n) is 15.5. The van der Waals surface area contributed by atoms with E-state index >= 15 is 0 Å². The lowest BCUT2D eigenvalue weighted by molar-refractivity contribution is -0.125. The Kier molecular flexibility index (Phi) is 10.7. The van der Waals surface area contributed by atoms with Crippen LogP contribution in [0.25, 0.3) is 0 Å². The van der Waals surface area contributed by atoms with Gasteiger partial charge < -0.3 is 16.4 Å². The van der Waals surface area contributed by atoms with Gasteiger partial charge in [0.15, 0.2) is 0 Å². The lowest BCUT2D eigenvalue weighted by atomic mass is 9.94. The van der Waals surface area contributed by atoms with E-state index < -0.39 is 0 Å². The highest BCUT2D eigenvalue weighted by Crippen LogP contribution is 2.32. The fourth-order valence-corrected chi connectivity index (χ4v) is 3.36. The molecule has 1 amide bonds. The molecule has 1 aliphatic carbocycles. The predicted molar refractivity (Wildman–Crippen MR) is 110 cm³/mol.